The molecule has 0 aromatic heterocycles. The van der Waals surface area contributed by atoms with E-state index in [1.165, 1.54) is 28.7 Å². The largest absolute Gasteiger partial charge is 0.494 e. The van der Waals surface area contributed by atoms with Gasteiger partial charge < -0.3 is 31.2 Å². The molecule has 6 N–H and O–H groups in total. The Labute approximate surface area is 468 Å². The zero-order valence-corrected chi connectivity index (χ0v) is 47.1. The van der Waals surface area contributed by atoms with Gasteiger partial charge in [-0.05, 0) is 147 Å². The van der Waals surface area contributed by atoms with Crippen LogP contribution in [0.15, 0.2) is 156 Å². The van der Waals surface area contributed by atoms with Crippen molar-refractivity contribution in [2.45, 2.75) is 82.8 Å². The number of carbonyl (C=O) groups is 4. The van der Waals surface area contributed by atoms with Crippen molar-refractivity contribution < 1.29 is 33.6 Å². The first-order valence-corrected chi connectivity index (χ1v) is 26.4. The Kier molecular flexibility index (Phi) is 22.7. The normalized spacial score (nSPS) is 15.2. The second-order valence-corrected chi connectivity index (χ2v) is 20.6. The van der Waals surface area contributed by atoms with Crippen LogP contribution in [0.4, 0.5) is 17.1 Å². The van der Waals surface area contributed by atoms with Crippen LogP contribution in [-0.2, 0) is 46.7 Å². The van der Waals surface area contributed by atoms with E-state index in [0.29, 0.717) is 24.2 Å². The number of anilines is 3. The molecule has 0 aliphatic carbocycles. The molecule has 0 saturated carbocycles. The molecule has 3 aliphatic rings. The molecule has 0 atom stereocenters. The number of nitrogen functional groups attached to an aromatic ring is 2. The maximum Gasteiger partial charge on any atom is 0.494 e. The molecule has 3 amide bonds. The number of nitrogens with two attached hydrogens (primary N) is 2. The number of benzene rings is 6. The van der Waals surface area contributed by atoms with Gasteiger partial charge in [0.25, 0.3) is 5.91 Å². The maximum absolute atomic E-state index is 12.2. The Hall–Kier alpha value is -6.53. The predicted molar refractivity (Wildman–Crippen MR) is 312 cm³/mol. The number of carboxylic acids is 1. The van der Waals surface area contributed by atoms with E-state index < -0.39 is 5.97 Å². The molecule has 0 radical (unpaired) electrons. The summed E-state index contributed by atoms with van der Waals surface area (Å²) in [5, 5.41) is 24.3. The summed E-state index contributed by atoms with van der Waals surface area (Å²) in [5.74, 6) is -1.55. The number of nitrogens with one attached hydrogen (secondary N) is 1. The highest BCUT2D eigenvalue weighted by Crippen LogP contribution is 2.36. The molecule has 0 bridgehead atoms. The van der Waals surface area contributed by atoms with E-state index in [2.05, 4.69) is 37.5 Å². The van der Waals surface area contributed by atoms with Gasteiger partial charge in [0.05, 0.1) is 11.2 Å². The van der Waals surface area contributed by atoms with E-state index in [9.17, 15) is 19.2 Å². The average molecular weight is 1150 g/mol. The molecular weight excluding hydrogens is 1090 g/mol. The minimum absolute atomic E-state index is 0.0482. The highest BCUT2D eigenvalue weighted by Gasteiger charge is 2.51. The number of hydrogen-bond donors (Lipinski definition) is 4. The number of carbonyl (C=O) groups excluding carboxylic acids is 3. The van der Waals surface area contributed by atoms with E-state index in [0.717, 1.165) is 66.2 Å². The van der Waals surface area contributed by atoms with Gasteiger partial charge in [-0.2, -0.15) is 10.2 Å². The number of amides is 3. The van der Waals surface area contributed by atoms with E-state index in [4.69, 9.17) is 60.7 Å². The summed E-state index contributed by atoms with van der Waals surface area (Å²) in [6, 6.07) is 46.6. The van der Waals surface area contributed by atoms with Crippen LogP contribution in [0.25, 0.3) is 0 Å². The highest BCUT2D eigenvalue weighted by molar-refractivity contribution is 9.08. The summed E-state index contributed by atoms with van der Waals surface area (Å²) in [6.07, 6.45) is 2.80. The summed E-state index contributed by atoms with van der Waals surface area (Å²) in [4.78, 5) is 44.8. The van der Waals surface area contributed by atoms with Crippen LogP contribution in [0.5, 0.6) is 0 Å². The fourth-order valence-electron chi connectivity index (χ4n) is 7.22. The van der Waals surface area contributed by atoms with Gasteiger partial charge in [-0.15, -0.1) is 0 Å². The van der Waals surface area contributed by atoms with Crippen molar-refractivity contribution in [1.82, 2.24) is 10.0 Å². The molecule has 6 aromatic rings. The lowest BCUT2D eigenvalue weighted by molar-refractivity contribution is -0.132. The topological polar surface area (TPSA) is 202 Å². The zero-order valence-electron chi connectivity index (χ0n) is 43.2. The molecule has 9 rings (SSSR count). The van der Waals surface area contributed by atoms with Gasteiger partial charge in [-0.3, -0.25) is 14.4 Å². The first-order chi connectivity index (χ1) is 36.0. The number of hydrazone groups is 2. The number of alkyl halides is 1. The number of aliphatic carboxylic acids is 1. The van der Waals surface area contributed by atoms with E-state index >= 15 is 0 Å². The smallest absolute Gasteiger partial charge is 0.477 e. The van der Waals surface area contributed by atoms with Crippen molar-refractivity contribution in [2.75, 3.05) is 30.9 Å². The van der Waals surface area contributed by atoms with Crippen molar-refractivity contribution >= 4 is 115 Å². The third-order valence-electron chi connectivity index (χ3n) is 12.2. The van der Waals surface area contributed by atoms with Gasteiger partial charge in [0.15, 0.2) is 0 Å². The first kappa shape index (κ1) is 60.3. The van der Waals surface area contributed by atoms with Crippen LogP contribution >= 0.6 is 50.7 Å². The maximum atomic E-state index is 12.2. The van der Waals surface area contributed by atoms with Crippen LogP contribution < -0.4 is 22.2 Å². The Bertz CT molecular complexity index is 2980. The lowest BCUT2D eigenvalue weighted by Crippen LogP contribution is -2.41. The second kappa shape index (κ2) is 28.6. The Balaban J connectivity index is 0.000000184. The molecule has 3 heterocycles. The SMILES string of the molecule is CC1(C)OB(c2ccc(N)cc2)OC1(C)C.CN1N=C(C(=O)Nc2ccc(Cc3cccc(Cl)c3)cc2)CCC1=O.CN1N=C(C(=O)O)CCC1=O.Clc1cccc(CBr)c1.Nc1ccc(Cc2cccc(Cl)c2)cc1. The number of hydrogen-bond acceptors (Lipinski definition) is 10. The number of carboxylic acid groups (broad SMARTS) is 1. The third kappa shape index (κ3) is 19.2. The van der Waals surface area contributed by atoms with Crippen molar-refractivity contribution in [2.24, 2.45) is 10.2 Å². The third-order valence-corrected chi connectivity index (χ3v) is 13.6. The molecule has 1 saturated heterocycles. The van der Waals surface area contributed by atoms with Gasteiger partial charge >= 0.3 is 13.1 Å². The van der Waals surface area contributed by atoms with E-state index in [1.807, 2.05) is 167 Å². The number of halogens is 4. The molecule has 3 aliphatic heterocycles. The van der Waals surface area contributed by atoms with Gasteiger partial charge in [-0.1, -0.05) is 124 Å². The Morgan fingerprint density at radius 3 is 1.41 bits per heavy atom. The minimum atomic E-state index is -1.05. The lowest BCUT2D eigenvalue weighted by Gasteiger charge is -2.32. The first-order valence-electron chi connectivity index (χ1n) is 24.2. The molecular formula is C57H62BBrCl3N7O7. The van der Waals surface area contributed by atoms with Gasteiger partial charge in [-0.25, -0.2) is 14.8 Å². The quantitative estimate of drug-likeness (QED) is 0.0617. The van der Waals surface area contributed by atoms with Crippen LogP contribution in [0, 0.1) is 0 Å². The standard InChI is InChI=1S/C19H18ClN3O2.C13H12ClN.C12H18BNO2.C7H6BrCl.C6H8N2O3/c1-23-18(24)10-9-17(22-23)19(25)21-16-7-5-13(6-8-16)11-14-3-2-4-15(20)12-14;14-12-3-1-2-11(9-12)8-10-4-6-13(15)7-5-10;1-11(2)12(3,4)16-13(15-11)9-5-7-10(14)8-6-9;8-5-6-2-1-3-7(9)4-6;1-8-5(9)3-2-4(7-8)6(10)11/h2-8,12H,9-11H2,1H3,(H,21,25);1-7,9H,8,15H2;5-8H,14H2,1-4H3;1-4H,5H2;2-3H2,1H3,(H,10,11). The summed E-state index contributed by atoms with van der Waals surface area (Å²) >= 11 is 21.0. The number of nitrogens with zero attached hydrogens (tertiary/aromatic N) is 4. The second-order valence-electron chi connectivity index (χ2n) is 18.8. The molecule has 1 fully saturated rings. The van der Waals surface area contributed by atoms with Gasteiger partial charge in [0.2, 0.25) is 11.8 Å². The summed E-state index contributed by atoms with van der Waals surface area (Å²) < 4.78 is 11.9. The van der Waals surface area contributed by atoms with Crippen molar-refractivity contribution in [3.8, 4) is 0 Å². The Morgan fingerprint density at radius 1 is 0.605 bits per heavy atom. The molecule has 0 spiro atoms. The minimum Gasteiger partial charge on any atom is -0.477 e. The molecule has 76 heavy (non-hydrogen) atoms. The predicted octanol–water partition coefficient (Wildman–Crippen LogP) is 11.5. The van der Waals surface area contributed by atoms with Crippen LogP contribution in [-0.4, -0.2) is 82.7 Å². The van der Waals surface area contributed by atoms with Crippen LogP contribution in [0.1, 0.15) is 81.2 Å². The number of rotatable bonds is 9. The van der Waals surface area contributed by atoms with Crippen molar-refractivity contribution in [3.05, 3.63) is 188 Å². The molecule has 6 aromatic carbocycles. The monoisotopic (exact) mass is 1150 g/mol. The van der Waals surface area contributed by atoms with Crippen molar-refractivity contribution in [3.63, 3.8) is 0 Å². The fourth-order valence-corrected chi connectivity index (χ4v) is 8.21. The lowest BCUT2D eigenvalue weighted by atomic mass is 9.79. The molecule has 19 heteroatoms. The summed E-state index contributed by atoms with van der Waals surface area (Å²) in [6.45, 7) is 8.18. The van der Waals surface area contributed by atoms with Crippen molar-refractivity contribution in [1.29, 1.82) is 0 Å². The Morgan fingerprint density at radius 2 is 1.00 bits per heavy atom. The fraction of sp³-hybridized carbons (Fsp3) is 0.263. The molecule has 398 valence electrons. The summed E-state index contributed by atoms with van der Waals surface area (Å²) in [7, 11) is 2.70. The molecule has 0 unspecified atom stereocenters. The van der Waals surface area contributed by atoms with Crippen LogP contribution in [0.3, 0.4) is 0 Å². The van der Waals surface area contributed by atoms with E-state index in [-0.39, 0.29) is 54.6 Å². The summed E-state index contributed by atoms with van der Waals surface area (Å²) in [5.41, 5.74) is 20.3. The van der Waals surface area contributed by atoms with Gasteiger partial charge in [0, 0.05) is 77.2 Å². The highest BCUT2D eigenvalue weighted by atomic mass is 79.9. The van der Waals surface area contributed by atoms with E-state index in [1.54, 1.807) is 7.05 Å². The average Bonchev–Trinajstić information content (AvgIpc) is 3.60. The molecule has 14 nitrogen and oxygen atoms in total. The van der Waals surface area contributed by atoms with Gasteiger partial charge in [0.1, 0.15) is 11.4 Å². The van der Waals surface area contributed by atoms with Crippen LogP contribution in [0.2, 0.25) is 15.1 Å². The zero-order chi connectivity index (χ0) is 55.6.